The lowest BCUT2D eigenvalue weighted by atomic mass is 9.99. The maximum absolute atomic E-state index is 5.29. The topological polar surface area (TPSA) is 24.5 Å². The van der Waals surface area contributed by atoms with Crippen molar-refractivity contribution in [3.05, 3.63) is 0 Å². The molecule has 0 bridgehead atoms. The van der Waals surface area contributed by atoms with Gasteiger partial charge in [-0.05, 0) is 44.8 Å². The molecule has 0 aromatic rings. The molecule has 1 unspecified atom stereocenters. The zero-order valence-electron chi connectivity index (χ0n) is 12.0. The van der Waals surface area contributed by atoms with E-state index in [1.807, 2.05) is 0 Å². The number of piperidine rings is 1. The van der Waals surface area contributed by atoms with E-state index in [-0.39, 0.29) is 0 Å². The van der Waals surface area contributed by atoms with Gasteiger partial charge in [-0.3, -0.25) is 0 Å². The second kappa shape index (κ2) is 8.06. The Labute approximate surface area is 107 Å². The minimum Gasteiger partial charge on any atom is -0.383 e. The van der Waals surface area contributed by atoms with Crippen LogP contribution in [0.4, 0.5) is 0 Å². The van der Waals surface area contributed by atoms with Gasteiger partial charge in [0.2, 0.25) is 0 Å². The van der Waals surface area contributed by atoms with Gasteiger partial charge in [0, 0.05) is 19.2 Å². The van der Waals surface area contributed by atoms with Crippen LogP contribution in [0.5, 0.6) is 0 Å². The van der Waals surface area contributed by atoms with Crippen molar-refractivity contribution in [3.63, 3.8) is 0 Å². The first-order valence-corrected chi connectivity index (χ1v) is 7.14. The number of hydrogen-bond acceptors (Lipinski definition) is 3. The van der Waals surface area contributed by atoms with Crippen LogP contribution < -0.4 is 5.32 Å². The molecule has 1 N–H and O–H groups in total. The van der Waals surface area contributed by atoms with Crippen LogP contribution in [0.3, 0.4) is 0 Å². The van der Waals surface area contributed by atoms with Crippen LogP contribution in [0.15, 0.2) is 0 Å². The van der Waals surface area contributed by atoms with E-state index in [1.165, 1.54) is 38.9 Å². The van der Waals surface area contributed by atoms with Crippen molar-refractivity contribution in [3.8, 4) is 0 Å². The first-order valence-electron chi connectivity index (χ1n) is 7.14. The van der Waals surface area contributed by atoms with E-state index in [1.54, 1.807) is 7.11 Å². The van der Waals surface area contributed by atoms with Gasteiger partial charge < -0.3 is 15.0 Å². The average molecular weight is 242 g/mol. The summed E-state index contributed by atoms with van der Waals surface area (Å²) in [4.78, 5) is 2.58. The van der Waals surface area contributed by atoms with Gasteiger partial charge in [-0.2, -0.15) is 0 Å². The molecule has 102 valence electrons. The van der Waals surface area contributed by atoms with Crippen LogP contribution in [0.1, 0.15) is 40.0 Å². The summed E-state index contributed by atoms with van der Waals surface area (Å²) in [6.45, 7) is 11.4. The molecule has 0 aromatic carbocycles. The highest BCUT2D eigenvalue weighted by molar-refractivity contribution is 4.81. The number of likely N-dealkylation sites (tertiary alicyclic amines) is 1. The van der Waals surface area contributed by atoms with Crippen molar-refractivity contribution in [2.45, 2.75) is 52.1 Å². The van der Waals surface area contributed by atoms with Gasteiger partial charge in [-0.1, -0.05) is 20.8 Å². The second-order valence-corrected chi connectivity index (χ2v) is 5.59. The molecule has 0 radical (unpaired) electrons. The van der Waals surface area contributed by atoms with Crippen molar-refractivity contribution in [2.24, 2.45) is 5.92 Å². The zero-order chi connectivity index (χ0) is 12.7. The van der Waals surface area contributed by atoms with Crippen LogP contribution in [0.2, 0.25) is 0 Å². The Bertz CT molecular complexity index is 189. The maximum atomic E-state index is 5.29. The first kappa shape index (κ1) is 14.9. The second-order valence-electron chi connectivity index (χ2n) is 5.59. The fraction of sp³-hybridized carbons (Fsp3) is 1.00. The number of nitrogens with one attached hydrogen (secondary N) is 1. The Balaban J connectivity index is 2.28. The van der Waals surface area contributed by atoms with E-state index in [9.17, 15) is 0 Å². The molecule has 1 heterocycles. The van der Waals surface area contributed by atoms with Crippen LogP contribution in [-0.4, -0.2) is 50.3 Å². The van der Waals surface area contributed by atoms with Gasteiger partial charge >= 0.3 is 0 Å². The maximum Gasteiger partial charge on any atom is 0.0618 e. The summed E-state index contributed by atoms with van der Waals surface area (Å²) in [6.07, 6.45) is 3.84. The molecule has 0 saturated carbocycles. The first-order chi connectivity index (χ1) is 8.17. The molecule has 1 fully saturated rings. The van der Waals surface area contributed by atoms with E-state index in [0.717, 1.165) is 6.61 Å². The van der Waals surface area contributed by atoms with E-state index < -0.39 is 0 Å². The van der Waals surface area contributed by atoms with Crippen LogP contribution in [0, 0.1) is 5.92 Å². The molecule has 17 heavy (non-hydrogen) atoms. The Morgan fingerprint density at radius 2 is 1.94 bits per heavy atom. The number of rotatable bonds is 7. The van der Waals surface area contributed by atoms with Gasteiger partial charge in [-0.25, -0.2) is 0 Å². The highest BCUT2D eigenvalue weighted by atomic mass is 16.5. The molecule has 1 aliphatic rings. The molecular formula is C14H30N2O. The summed E-state index contributed by atoms with van der Waals surface area (Å²) < 4.78 is 5.29. The van der Waals surface area contributed by atoms with Crippen molar-refractivity contribution < 1.29 is 4.74 Å². The number of hydrogen-bond donors (Lipinski definition) is 1. The SMILES string of the molecule is CCCN1CCC(NC(COC)C(C)C)CC1. The van der Waals surface area contributed by atoms with Crippen molar-refractivity contribution in [2.75, 3.05) is 33.4 Å². The monoisotopic (exact) mass is 242 g/mol. The molecule has 1 rings (SSSR count). The number of nitrogens with zero attached hydrogens (tertiary/aromatic N) is 1. The van der Waals surface area contributed by atoms with Crippen LogP contribution in [0.25, 0.3) is 0 Å². The molecule has 1 atom stereocenters. The molecule has 3 heteroatoms. The third kappa shape index (κ3) is 5.36. The molecule has 0 amide bonds. The zero-order valence-corrected chi connectivity index (χ0v) is 12.0. The predicted octanol–water partition coefficient (Wildman–Crippen LogP) is 2.12. The minimum atomic E-state index is 0.503. The Kier molecular flexibility index (Phi) is 7.09. The molecule has 1 aliphatic heterocycles. The van der Waals surface area contributed by atoms with Crippen LogP contribution >= 0.6 is 0 Å². The molecule has 3 nitrogen and oxygen atoms in total. The highest BCUT2D eigenvalue weighted by Gasteiger charge is 2.22. The Morgan fingerprint density at radius 1 is 1.29 bits per heavy atom. The van der Waals surface area contributed by atoms with E-state index >= 15 is 0 Å². The van der Waals surface area contributed by atoms with Gasteiger partial charge in [0.1, 0.15) is 0 Å². The highest BCUT2D eigenvalue weighted by Crippen LogP contribution is 2.13. The molecular weight excluding hydrogens is 212 g/mol. The quantitative estimate of drug-likeness (QED) is 0.740. The van der Waals surface area contributed by atoms with Crippen molar-refractivity contribution in [1.29, 1.82) is 0 Å². The van der Waals surface area contributed by atoms with Gasteiger partial charge in [0.15, 0.2) is 0 Å². The lowest BCUT2D eigenvalue weighted by molar-refractivity contribution is 0.124. The number of ether oxygens (including phenoxy) is 1. The van der Waals surface area contributed by atoms with E-state index in [4.69, 9.17) is 4.74 Å². The largest absolute Gasteiger partial charge is 0.383 e. The summed E-state index contributed by atoms with van der Waals surface area (Å²) in [5.74, 6) is 0.642. The summed E-state index contributed by atoms with van der Waals surface area (Å²) in [5, 5.41) is 3.77. The van der Waals surface area contributed by atoms with Crippen LogP contribution in [-0.2, 0) is 4.74 Å². The van der Waals surface area contributed by atoms with Crippen molar-refractivity contribution >= 4 is 0 Å². The fourth-order valence-electron chi connectivity index (χ4n) is 2.55. The van der Waals surface area contributed by atoms with Gasteiger partial charge in [-0.15, -0.1) is 0 Å². The number of methoxy groups -OCH3 is 1. The lowest BCUT2D eigenvalue weighted by Crippen LogP contribution is -2.49. The summed E-state index contributed by atoms with van der Waals surface area (Å²) in [6, 6.07) is 1.19. The fourth-order valence-corrected chi connectivity index (χ4v) is 2.55. The standard InChI is InChI=1S/C14H30N2O/c1-5-8-16-9-6-13(7-10-16)15-14(11-17-4)12(2)3/h12-15H,5-11H2,1-4H3. The normalized spacial score (nSPS) is 21.0. The summed E-state index contributed by atoms with van der Waals surface area (Å²) >= 11 is 0. The predicted molar refractivity (Wildman–Crippen MR) is 73.4 cm³/mol. The molecule has 1 saturated heterocycles. The minimum absolute atomic E-state index is 0.503. The third-order valence-corrected chi connectivity index (χ3v) is 3.73. The third-order valence-electron chi connectivity index (χ3n) is 3.73. The molecule has 0 aliphatic carbocycles. The average Bonchev–Trinajstić information content (AvgIpc) is 2.31. The Hall–Kier alpha value is -0.120. The summed E-state index contributed by atoms with van der Waals surface area (Å²) in [5.41, 5.74) is 0. The van der Waals surface area contributed by atoms with E-state index in [2.05, 4.69) is 31.0 Å². The molecule has 0 spiro atoms. The van der Waals surface area contributed by atoms with Crippen molar-refractivity contribution in [1.82, 2.24) is 10.2 Å². The molecule has 0 aromatic heterocycles. The summed E-state index contributed by atoms with van der Waals surface area (Å²) in [7, 11) is 1.79. The van der Waals surface area contributed by atoms with E-state index in [0.29, 0.717) is 18.0 Å². The smallest absolute Gasteiger partial charge is 0.0618 e. The van der Waals surface area contributed by atoms with Gasteiger partial charge in [0.05, 0.1) is 6.61 Å². The lowest BCUT2D eigenvalue weighted by Gasteiger charge is -2.35. The van der Waals surface area contributed by atoms with Gasteiger partial charge in [0.25, 0.3) is 0 Å². The Morgan fingerprint density at radius 3 is 2.41 bits per heavy atom.